The molecule has 0 aliphatic heterocycles. The molecule has 0 saturated carbocycles. The van der Waals surface area contributed by atoms with Crippen molar-refractivity contribution in [2.45, 2.75) is 6.92 Å². The van der Waals surface area contributed by atoms with Crippen molar-refractivity contribution in [2.24, 2.45) is 0 Å². The average Bonchev–Trinajstić information content (AvgIpc) is 2.21. The Bertz CT molecular complexity index is 371. The maximum atomic E-state index is 10.9. The van der Waals surface area contributed by atoms with E-state index in [1.165, 1.54) is 12.3 Å². The van der Waals surface area contributed by atoms with E-state index in [2.05, 4.69) is 6.58 Å². The molecule has 0 fully saturated rings. The first-order chi connectivity index (χ1) is 7.20. The second-order valence-corrected chi connectivity index (χ2v) is 2.66. The molecule has 0 spiro atoms. The first kappa shape index (κ1) is 11.1. The minimum Gasteiger partial charge on any atom is -0.490 e. The van der Waals surface area contributed by atoms with Gasteiger partial charge in [-0.2, -0.15) is 0 Å². The first-order valence-electron chi connectivity index (χ1n) is 4.47. The standard InChI is InChI=1S/C11H12O4/c1-3-14-9-7-5-6-8(11(12)13)10(9)15-4-2/h4-7H,2-3H2,1H3,(H,12,13). The van der Waals surface area contributed by atoms with Crippen molar-refractivity contribution in [1.29, 1.82) is 0 Å². The highest BCUT2D eigenvalue weighted by Gasteiger charge is 2.15. The topological polar surface area (TPSA) is 55.8 Å². The van der Waals surface area contributed by atoms with Gasteiger partial charge in [0, 0.05) is 0 Å². The third-order valence-electron chi connectivity index (χ3n) is 1.71. The lowest BCUT2D eigenvalue weighted by Gasteiger charge is -2.10. The van der Waals surface area contributed by atoms with E-state index >= 15 is 0 Å². The highest BCUT2D eigenvalue weighted by molar-refractivity contribution is 5.92. The van der Waals surface area contributed by atoms with Gasteiger partial charge in [-0.1, -0.05) is 12.6 Å². The minimum atomic E-state index is -1.06. The maximum Gasteiger partial charge on any atom is 0.339 e. The third kappa shape index (κ3) is 2.49. The predicted molar refractivity (Wildman–Crippen MR) is 55.4 cm³/mol. The molecule has 0 radical (unpaired) electrons. The normalized spacial score (nSPS) is 9.40. The zero-order valence-electron chi connectivity index (χ0n) is 8.40. The summed E-state index contributed by atoms with van der Waals surface area (Å²) in [5, 5.41) is 8.92. The summed E-state index contributed by atoms with van der Waals surface area (Å²) in [6, 6.07) is 4.70. The smallest absolute Gasteiger partial charge is 0.339 e. The average molecular weight is 208 g/mol. The van der Waals surface area contributed by atoms with Gasteiger partial charge in [-0.25, -0.2) is 4.79 Å². The highest BCUT2D eigenvalue weighted by atomic mass is 16.5. The Hall–Kier alpha value is -1.97. The van der Waals surface area contributed by atoms with Gasteiger partial charge < -0.3 is 14.6 Å². The van der Waals surface area contributed by atoms with Crippen LogP contribution in [0.15, 0.2) is 31.0 Å². The van der Waals surface area contributed by atoms with Gasteiger partial charge in [0.2, 0.25) is 0 Å². The number of aromatic carboxylic acids is 1. The number of ether oxygens (including phenoxy) is 2. The van der Waals surface area contributed by atoms with Crippen molar-refractivity contribution in [3.05, 3.63) is 36.6 Å². The number of para-hydroxylation sites is 1. The fourth-order valence-electron chi connectivity index (χ4n) is 1.16. The molecule has 1 N–H and O–H groups in total. The molecule has 0 aliphatic rings. The number of benzene rings is 1. The van der Waals surface area contributed by atoms with Crippen molar-refractivity contribution in [2.75, 3.05) is 6.61 Å². The molecule has 4 nitrogen and oxygen atoms in total. The van der Waals surface area contributed by atoms with Crippen LogP contribution >= 0.6 is 0 Å². The summed E-state index contributed by atoms with van der Waals surface area (Å²) in [7, 11) is 0. The number of carboxylic acid groups (broad SMARTS) is 1. The van der Waals surface area contributed by atoms with Crippen LogP contribution in [0.3, 0.4) is 0 Å². The molecule has 1 aromatic carbocycles. The molecule has 0 unspecified atom stereocenters. The van der Waals surface area contributed by atoms with E-state index in [1.807, 2.05) is 6.92 Å². The van der Waals surface area contributed by atoms with E-state index in [9.17, 15) is 4.79 Å². The monoisotopic (exact) mass is 208 g/mol. The molecule has 1 aromatic rings. The second kappa shape index (κ2) is 5.05. The van der Waals surface area contributed by atoms with Crippen molar-refractivity contribution < 1.29 is 19.4 Å². The van der Waals surface area contributed by atoms with Crippen molar-refractivity contribution in [3.63, 3.8) is 0 Å². The first-order valence-corrected chi connectivity index (χ1v) is 4.47. The molecule has 1 rings (SSSR count). The third-order valence-corrected chi connectivity index (χ3v) is 1.71. The molecular weight excluding hydrogens is 196 g/mol. The Morgan fingerprint density at radius 2 is 2.33 bits per heavy atom. The Labute approximate surface area is 87.7 Å². The zero-order valence-corrected chi connectivity index (χ0v) is 8.40. The number of hydrogen-bond acceptors (Lipinski definition) is 3. The van der Waals surface area contributed by atoms with Crippen LogP contribution in [-0.4, -0.2) is 17.7 Å². The van der Waals surface area contributed by atoms with Crippen LogP contribution < -0.4 is 9.47 Å². The van der Waals surface area contributed by atoms with Crippen LogP contribution in [0.5, 0.6) is 11.5 Å². The van der Waals surface area contributed by atoms with E-state index in [4.69, 9.17) is 14.6 Å². The summed E-state index contributed by atoms with van der Waals surface area (Å²) in [6.07, 6.45) is 1.17. The van der Waals surface area contributed by atoms with Crippen LogP contribution in [-0.2, 0) is 0 Å². The van der Waals surface area contributed by atoms with E-state index in [0.29, 0.717) is 12.4 Å². The molecule has 80 valence electrons. The van der Waals surface area contributed by atoms with Gasteiger partial charge >= 0.3 is 5.97 Å². The van der Waals surface area contributed by atoms with Gasteiger partial charge in [0.05, 0.1) is 12.9 Å². The van der Waals surface area contributed by atoms with Crippen LogP contribution in [0.1, 0.15) is 17.3 Å². The molecule has 15 heavy (non-hydrogen) atoms. The van der Waals surface area contributed by atoms with Crippen molar-refractivity contribution in [1.82, 2.24) is 0 Å². The summed E-state index contributed by atoms with van der Waals surface area (Å²) in [6.45, 7) is 5.64. The predicted octanol–water partition coefficient (Wildman–Crippen LogP) is 2.31. The van der Waals surface area contributed by atoms with Gasteiger partial charge in [-0.3, -0.25) is 0 Å². The molecule has 0 saturated heterocycles. The number of hydrogen-bond donors (Lipinski definition) is 1. The molecular formula is C11H12O4. The largest absolute Gasteiger partial charge is 0.490 e. The van der Waals surface area contributed by atoms with Gasteiger partial charge in [-0.15, -0.1) is 0 Å². The fraction of sp³-hybridized carbons (Fsp3) is 0.182. The summed E-state index contributed by atoms with van der Waals surface area (Å²) in [4.78, 5) is 10.9. The fourth-order valence-corrected chi connectivity index (χ4v) is 1.16. The molecule has 4 heteroatoms. The SMILES string of the molecule is C=COc1c(OCC)cccc1C(=O)O. The van der Waals surface area contributed by atoms with E-state index in [0.717, 1.165) is 0 Å². The van der Waals surface area contributed by atoms with E-state index in [-0.39, 0.29) is 11.3 Å². The van der Waals surface area contributed by atoms with Gasteiger partial charge in [-0.05, 0) is 19.1 Å². The van der Waals surface area contributed by atoms with Gasteiger partial charge in [0.1, 0.15) is 5.56 Å². The Morgan fingerprint density at radius 1 is 1.60 bits per heavy atom. The lowest BCUT2D eigenvalue weighted by atomic mass is 10.2. The van der Waals surface area contributed by atoms with E-state index < -0.39 is 5.97 Å². The van der Waals surface area contributed by atoms with Crippen LogP contribution in [0.4, 0.5) is 0 Å². The Balaban J connectivity index is 3.20. The highest BCUT2D eigenvalue weighted by Crippen LogP contribution is 2.31. The van der Waals surface area contributed by atoms with Gasteiger partial charge in [0.15, 0.2) is 11.5 Å². The number of carbonyl (C=O) groups is 1. The summed E-state index contributed by atoms with van der Waals surface area (Å²) < 4.78 is 10.3. The molecule has 0 aromatic heterocycles. The van der Waals surface area contributed by atoms with Gasteiger partial charge in [0.25, 0.3) is 0 Å². The molecule has 0 bridgehead atoms. The quantitative estimate of drug-likeness (QED) is 0.754. The molecule has 0 atom stereocenters. The van der Waals surface area contributed by atoms with Crippen molar-refractivity contribution in [3.8, 4) is 11.5 Å². The Morgan fingerprint density at radius 3 is 2.87 bits per heavy atom. The van der Waals surface area contributed by atoms with Crippen LogP contribution in [0.2, 0.25) is 0 Å². The van der Waals surface area contributed by atoms with Crippen LogP contribution in [0.25, 0.3) is 0 Å². The number of rotatable bonds is 5. The minimum absolute atomic E-state index is 0.0563. The zero-order chi connectivity index (χ0) is 11.3. The number of carboxylic acids is 1. The molecule has 0 aliphatic carbocycles. The van der Waals surface area contributed by atoms with E-state index in [1.54, 1.807) is 12.1 Å². The summed E-state index contributed by atoms with van der Waals surface area (Å²) in [5.74, 6) is -0.479. The molecule has 0 heterocycles. The second-order valence-electron chi connectivity index (χ2n) is 2.66. The Kier molecular flexibility index (Phi) is 3.74. The summed E-state index contributed by atoms with van der Waals surface area (Å²) in [5.41, 5.74) is 0.0563. The maximum absolute atomic E-state index is 10.9. The lowest BCUT2D eigenvalue weighted by molar-refractivity contribution is 0.0693. The van der Waals surface area contributed by atoms with Crippen LogP contribution in [0, 0.1) is 0 Å². The summed E-state index contributed by atoms with van der Waals surface area (Å²) >= 11 is 0. The van der Waals surface area contributed by atoms with Crippen molar-refractivity contribution >= 4 is 5.97 Å². The molecule has 0 amide bonds. The lowest BCUT2D eigenvalue weighted by Crippen LogP contribution is -2.02.